The van der Waals surface area contributed by atoms with Crippen LogP contribution in [0.1, 0.15) is 77.5 Å². The van der Waals surface area contributed by atoms with Gasteiger partial charge in [-0.25, -0.2) is 0 Å². The van der Waals surface area contributed by atoms with Crippen molar-refractivity contribution in [2.24, 2.45) is 0 Å². The summed E-state index contributed by atoms with van der Waals surface area (Å²) in [6, 6.07) is 42.5. The Bertz CT molecular complexity index is 1100. The van der Waals surface area contributed by atoms with Gasteiger partial charge >= 0.3 is 7.80 Å². The Hall–Kier alpha value is -3.02. The molecular weight excluding hydrogens is 443 g/mol. The van der Waals surface area contributed by atoms with E-state index in [1.54, 1.807) is 0 Å². The van der Waals surface area contributed by atoms with Crippen molar-refractivity contribution in [1.29, 1.82) is 0 Å². The fourth-order valence-corrected chi connectivity index (χ4v) is 7.98. The average molecular weight is 478 g/mol. The lowest BCUT2D eigenvalue weighted by atomic mass is 9.93. The molecule has 1 saturated heterocycles. The molecular formula is C33H34OP+. The Morgan fingerprint density at radius 3 is 1.09 bits per heavy atom. The molecule has 0 spiro atoms. The molecule has 5 atom stereocenters. The van der Waals surface area contributed by atoms with E-state index in [4.69, 9.17) is 0 Å². The third-order valence-electron chi connectivity index (χ3n) is 7.67. The van der Waals surface area contributed by atoms with Crippen LogP contribution < -0.4 is 0 Å². The topological polar surface area (TPSA) is 17.1 Å². The summed E-state index contributed by atoms with van der Waals surface area (Å²) in [5, 5.41) is 0. The van der Waals surface area contributed by atoms with Gasteiger partial charge in [-0.3, -0.25) is 0 Å². The predicted molar refractivity (Wildman–Crippen MR) is 147 cm³/mol. The second kappa shape index (κ2) is 11.6. The highest BCUT2D eigenvalue weighted by molar-refractivity contribution is 7.46. The molecule has 1 aliphatic carbocycles. The second-order valence-electron chi connectivity index (χ2n) is 9.82. The Morgan fingerprint density at radius 1 is 0.429 bits per heavy atom. The fourth-order valence-electron chi connectivity index (χ4n) is 5.80. The van der Waals surface area contributed by atoms with Crippen molar-refractivity contribution in [3.8, 4) is 0 Å². The maximum absolute atomic E-state index is 12.7. The zero-order valence-corrected chi connectivity index (χ0v) is 21.1. The van der Waals surface area contributed by atoms with E-state index in [1.807, 2.05) is 36.4 Å². The van der Waals surface area contributed by atoms with Gasteiger partial charge in [0, 0.05) is 24.0 Å². The van der Waals surface area contributed by atoms with Crippen molar-refractivity contribution >= 4 is 7.80 Å². The number of hydrogen-bond donors (Lipinski definition) is 0. The molecule has 1 aliphatic heterocycles. The molecule has 35 heavy (non-hydrogen) atoms. The molecule has 1 nitrogen and oxygen atoms in total. The lowest BCUT2D eigenvalue weighted by Gasteiger charge is -2.12. The van der Waals surface area contributed by atoms with Gasteiger partial charge < -0.3 is 0 Å². The van der Waals surface area contributed by atoms with E-state index < -0.39 is 7.80 Å². The lowest BCUT2D eigenvalue weighted by molar-refractivity contribution is 0.581. The van der Waals surface area contributed by atoms with Gasteiger partial charge in [-0.05, 0) is 42.2 Å². The molecule has 2 fully saturated rings. The minimum atomic E-state index is -1.19. The lowest BCUT2D eigenvalue weighted by Crippen LogP contribution is -1.94. The predicted octanol–water partition coefficient (Wildman–Crippen LogP) is 9.83. The first-order valence-corrected chi connectivity index (χ1v) is 14.3. The molecule has 4 aromatic carbocycles. The Labute approximate surface area is 211 Å². The van der Waals surface area contributed by atoms with E-state index in [0.29, 0.717) is 0 Å². The van der Waals surface area contributed by atoms with Gasteiger partial charge in [0.05, 0.1) is 0 Å². The van der Waals surface area contributed by atoms with Crippen LogP contribution in [0.2, 0.25) is 0 Å². The first-order chi connectivity index (χ1) is 17.3. The fraction of sp³-hybridized carbons (Fsp3) is 0.273. The molecule has 2 heteroatoms. The summed E-state index contributed by atoms with van der Waals surface area (Å²) >= 11 is 0. The monoisotopic (exact) mass is 477 g/mol. The van der Waals surface area contributed by atoms with Crippen LogP contribution >= 0.6 is 7.80 Å². The summed E-state index contributed by atoms with van der Waals surface area (Å²) in [5.74, 6) is 1.53. The van der Waals surface area contributed by atoms with E-state index in [9.17, 15) is 4.57 Å². The maximum atomic E-state index is 12.7. The highest BCUT2D eigenvalue weighted by atomic mass is 31.1. The maximum Gasteiger partial charge on any atom is 0.354 e. The molecule has 0 aromatic heterocycles. The average Bonchev–Trinajstić information content (AvgIpc) is 3.59. The van der Waals surface area contributed by atoms with Crippen LogP contribution in [0.25, 0.3) is 0 Å². The van der Waals surface area contributed by atoms with Gasteiger partial charge in [0.1, 0.15) is 0 Å². The van der Waals surface area contributed by atoms with Gasteiger partial charge in [-0.2, -0.15) is 0 Å². The smallest absolute Gasteiger partial charge is 0.0734 e. The summed E-state index contributed by atoms with van der Waals surface area (Å²) in [4.78, 5) is 0. The van der Waals surface area contributed by atoms with Crippen molar-refractivity contribution in [3.05, 3.63) is 144 Å². The molecule has 1 saturated carbocycles. The molecule has 0 bridgehead atoms. The van der Waals surface area contributed by atoms with E-state index in [0.717, 1.165) is 24.7 Å². The Morgan fingerprint density at radius 2 is 0.743 bits per heavy atom. The minimum Gasteiger partial charge on any atom is -0.0734 e. The molecule has 2 aliphatic rings. The van der Waals surface area contributed by atoms with Crippen molar-refractivity contribution < 1.29 is 4.57 Å². The quantitative estimate of drug-likeness (QED) is 0.267. The number of rotatable bonds is 4. The molecule has 0 N–H and O–H groups in total. The third-order valence-corrected chi connectivity index (χ3v) is 10.0. The molecule has 3 unspecified atom stereocenters. The van der Waals surface area contributed by atoms with Gasteiger partial charge in [-0.1, -0.05) is 126 Å². The summed E-state index contributed by atoms with van der Waals surface area (Å²) in [6.07, 6.45) is 6.07. The van der Waals surface area contributed by atoms with E-state index in [2.05, 4.69) is 84.9 Å². The first kappa shape index (κ1) is 23.7. The molecule has 176 valence electrons. The van der Waals surface area contributed by atoms with Gasteiger partial charge in [0.15, 0.2) is 11.3 Å². The highest BCUT2D eigenvalue weighted by Gasteiger charge is 2.47. The minimum absolute atomic E-state index is 0.242. The van der Waals surface area contributed by atoms with Gasteiger partial charge in [0.2, 0.25) is 0 Å². The van der Waals surface area contributed by atoms with Crippen molar-refractivity contribution in [1.82, 2.24) is 0 Å². The van der Waals surface area contributed by atoms with Crippen LogP contribution in [-0.4, -0.2) is 0 Å². The van der Waals surface area contributed by atoms with Crippen LogP contribution in [0.15, 0.2) is 121 Å². The van der Waals surface area contributed by atoms with Crippen LogP contribution in [0.5, 0.6) is 0 Å². The SMILES string of the molecule is O=[P+]1C(c2ccccc2)CC[C@H]1c1ccccc1.c1ccc(C2CC[C@@H](c3ccccc3)C2)cc1. The number of benzene rings is 4. The Balaban J connectivity index is 0.000000145. The first-order valence-electron chi connectivity index (χ1n) is 12.9. The summed E-state index contributed by atoms with van der Waals surface area (Å²) in [6.45, 7) is 0. The molecule has 1 heterocycles. The van der Waals surface area contributed by atoms with Crippen LogP contribution in [0.4, 0.5) is 0 Å². The van der Waals surface area contributed by atoms with Crippen molar-refractivity contribution in [2.45, 2.75) is 55.3 Å². The highest BCUT2D eigenvalue weighted by Crippen LogP contribution is 2.62. The normalized spacial score (nSPS) is 24.5. The standard InChI is InChI=1S/C17H18.C16H16OP/c1-3-7-14(8-4-1)16-11-12-17(13-16)15-9-5-2-6-10-15;17-18-15(13-7-3-1-4-8-13)11-12-16(18)14-9-5-2-6-10-14/h1-10,16-17H,11-13H2;1-10,15-16H,11-12H2/q;+1/t16-,17?;15-,16?/m10/s1. The summed E-state index contributed by atoms with van der Waals surface area (Å²) in [7, 11) is -1.19. The largest absolute Gasteiger partial charge is 0.354 e. The van der Waals surface area contributed by atoms with Crippen LogP contribution in [0, 0.1) is 0 Å². The Kier molecular flexibility index (Phi) is 7.86. The van der Waals surface area contributed by atoms with E-state index in [-0.39, 0.29) is 11.3 Å². The van der Waals surface area contributed by atoms with Crippen LogP contribution in [-0.2, 0) is 4.57 Å². The van der Waals surface area contributed by atoms with Crippen molar-refractivity contribution in [2.75, 3.05) is 0 Å². The van der Waals surface area contributed by atoms with Gasteiger partial charge in [-0.15, -0.1) is 0 Å². The van der Waals surface area contributed by atoms with Crippen molar-refractivity contribution in [3.63, 3.8) is 0 Å². The molecule has 0 amide bonds. The van der Waals surface area contributed by atoms with E-state index >= 15 is 0 Å². The zero-order valence-electron chi connectivity index (χ0n) is 20.2. The van der Waals surface area contributed by atoms with Gasteiger partial charge in [0.25, 0.3) is 0 Å². The summed E-state index contributed by atoms with van der Waals surface area (Å²) in [5.41, 5.74) is 5.99. The third kappa shape index (κ3) is 5.80. The molecule has 0 radical (unpaired) electrons. The summed E-state index contributed by atoms with van der Waals surface area (Å²) < 4.78 is 12.7. The number of hydrogen-bond acceptors (Lipinski definition) is 1. The van der Waals surface area contributed by atoms with Crippen LogP contribution in [0.3, 0.4) is 0 Å². The molecule has 4 aromatic rings. The molecule has 6 rings (SSSR count). The second-order valence-corrected chi connectivity index (χ2v) is 11.8. The zero-order chi connectivity index (χ0) is 23.9. The van der Waals surface area contributed by atoms with E-state index in [1.165, 1.54) is 41.5 Å².